The van der Waals surface area contributed by atoms with Crippen molar-refractivity contribution in [1.29, 1.82) is 0 Å². The highest BCUT2D eigenvalue weighted by atomic mass is 32.1. The Labute approximate surface area is 134 Å². The lowest BCUT2D eigenvalue weighted by Gasteiger charge is -2.26. The molecule has 21 heavy (non-hydrogen) atoms. The van der Waals surface area contributed by atoms with E-state index in [0.29, 0.717) is 6.04 Å². The van der Waals surface area contributed by atoms with Crippen molar-refractivity contribution in [2.24, 2.45) is 0 Å². The van der Waals surface area contributed by atoms with Crippen LogP contribution in [0.15, 0.2) is 5.38 Å². The number of hydrogen-bond acceptors (Lipinski definition) is 5. The molecule has 0 bridgehead atoms. The molecule has 0 atom stereocenters. The molecular formula is C14H21N5S2. The summed E-state index contributed by atoms with van der Waals surface area (Å²) in [6, 6.07) is 0.486. The van der Waals surface area contributed by atoms with Crippen molar-refractivity contribution >= 4 is 29.5 Å². The lowest BCUT2D eigenvalue weighted by atomic mass is 9.95. The van der Waals surface area contributed by atoms with Crippen molar-refractivity contribution < 1.29 is 0 Å². The summed E-state index contributed by atoms with van der Waals surface area (Å²) in [5, 5.41) is 10.6. The minimum absolute atomic E-state index is 0.486. The lowest BCUT2D eigenvalue weighted by Crippen LogP contribution is -2.24. The molecule has 1 aliphatic rings. The molecule has 1 N–H and O–H groups in total. The van der Waals surface area contributed by atoms with Crippen LogP contribution >= 0.6 is 23.6 Å². The maximum Gasteiger partial charge on any atom is 0.226 e. The van der Waals surface area contributed by atoms with E-state index in [-0.39, 0.29) is 0 Å². The first-order chi connectivity index (χ1) is 10.1. The van der Waals surface area contributed by atoms with Crippen LogP contribution in [0.4, 0.5) is 5.95 Å². The number of nitrogens with one attached hydrogen (secondary N) is 1. The van der Waals surface area contributed by atoms with Crippen molar-refractivity contribution in [2.75, 3.05) is 11.9 Å². The normalized spacial score (nSPS) is 16.3. The van der Waals surface area contributed by atoms with Gasteiger partial charge in [-0.05, 0) is 32.0 Å². The van der Waals surface area contributed by atoms with Crippen molar-refractivity contribution in [1.82, 2.24) is 19.7 Å². The van der Waals surface area contributed by atoms with Crippen LogP contribution in [0.5, 0.6) is 0 Å². The zero-order valence-electron chi connectivity index (χ0n) is 12.5. The average molecular weight is 323 g/mol. The number of H-pyrrole nitrogens is 1. The van der Waals surface area contributed by atoms with Crippen LogP contribution in [0.2, 0.25) is 0 Å². The first-order valence-corrected chi connectivity index (χ1v) is 8.73. The number of nitrogens with zero attached hydrogens (tertiary/aromatic N) is 4. The van der Waals surface area contributed by atoms with Crippen LogP contribution in [0, 0.1) is 11.7 Å². The molecule has 0 spiro atoms. The van der Waals surface area contributed by atoms with Gasteiger partial charge in [0.25, 0.3) is 0 Å². The van der Waals surface area contributed by atoms with Crippen LogP contribution in [0.25, 0.3) is 0 Å². The molecule has 0 aromatic carbocycles. The Bertz CT molecular complexity index is 650. The third kappa shape index (κ3) is 3.18. The zero-order chi connectivity index (χ0) is 14.8. The SMILES string of the molecule is Cc1nc(CN(C)c2n[nH]c(=S)n2C2CCCCC2)cs1. The largest absolute Gasteiger partial charge is 0.338 e. The molecule has 2 heterocycles. The number of aromatic amines is 1. The predicted molar refractivity (Wildman–Crippen MR) is 88.5 cm³/mol. The fourth-order valence-corrected chi connectivity index (χ4v) is 3.91. The molecular weight excluding hydrogens is 302 g/mol. The zero-order valence-corrected chi connectivity index (χ0v) is 14.1. The molecule has 2 aromatic rings. The predicted octanol–water partition coefficient (Wildman–Crippen LogP) is 3.85. The summed E-state index contributed by atoms with van der Waals surface area (Å²) >= 11 is 7.13. The van der Waals surface area contributed by atoms with Gasteiger partial charge in [0.15, 0.2) is 4.77 Å². The van der Waals surface area contributed by atoms with E-state index in [4.69, 9.17) is 12.2 Å². The minimum Gasteiger partial charge on any atom is -0.338 e. The van der Waals surface area contributed by atoms with Gasteiger partial charge in [-0.2, -0.15) is 0 Å². The van der Waals surface area contributed by atoms with Gasteiger partial charge in [0.1, 0.15) is 0 Å². The Kier molecular flexibility index (Phi) is 4.40. The molecule has 0 radical (unpaired) electrons. The lowest BCUT2D eigenvalue weighted by molar-refractivity contribution is 0.350. The molecule has 114 valence electrons. The van der Waals surface area contributed by atoms with E-state index in [1.807, 2.05) is 6.92 Å². The first kappa shape index (κ1) is 14.7. The number of rotatable bonds is 4. The van der Waals surface area contributed by atoms with Gasteiger partial charge in [0, 0.05) is 18.5 Å². The maximum atomic E-state index is 5.45. The van der Waals surface area contributed by atoms with Gasteiger partial charge in [-0.15, -0.1) is 16.4 Å². The second-order valence-electron chi connectivity index (χ2n) is 5.70. The highest BCUT2D eigenvalue weighted by Gasteiger charge is 2.21. The van der Waals surface area contributed by atoms with Crippen LogP contribution < -0.4 is 4.90 Å². The molecule has 2 aromatic heterocycles. The molecule has 0 amide bonds. The standard InChI is InChI=1S/C14H21N5S2/c1-10-15-11(9-21-10)8-18(2)13-16-17-14(20)19(13)12-6-4-3-5-7-12/h9,12H,3-8H2,1-2H3,(H,17,20). The van der Waals surface area contributed by atoms with E-state index in [1.54, 1.807) is 11.3 Å². The summed E-state index contributed by atoms with van der Waals surface area (Å²) in [4.78, 5) is 6.66. The maximum absolute atomic E-state index is 5.45. The molecule has 0 saturated heterocycles. The first-order valence-electron chi connectivity index (χ1n) is 7.44. The fraction of sp³-hybridized carbons (Fsp3) is 0.643. The van der Waals surface area contributed by atoms with E-state index in [2.05, 4.69) is 37.1 Å². The van der Waals surface area contributed by atoms with E-state index in [1.165, 1.54) is 32.1 Å². The second kappa shape index (κ2) is 6.27. The highest BCUT2D eigenvalue weighted by Crippen LogP contribution is 2.31. The van der Waals surface area contributed by atoms with Crippen LogP contribution in [0.3, 0.4) is 0 Å². The summed E-state index contributed by atoms with van der Waals surface area (Å²) in [5.41, 5.74) is 1.09. The van der Waals surface area contributed by atoms with E-state index < -0.39 is 0 Å². The van der Waals surface area contributed by atoms with Gasteiger partial charge in [-0.1, -0.05) is 19.3 Å². The molecule has 5 nitrogen and oxygen atoms in total. The third-order valence-corrected chi connectivity index (χ3v) is 5.14. The second-order valence-corrected chi connectivity index (χ2v) is 7.15. The van der Waals surface area contributed by atoms with Crippen LogP contribution in [-0.2, 0) is 6.54 Å². The monoisotopic (exact) mass is 323 g/mol. The van der Waals surface area contributed by atoms with E-state index in [9.17, 15) is 0 Å². The number of aryl methyl sites for hydroxylation is 1. The number of thiazole rings is 1. The van der Waals surface area contributed by atoms with E-state index >= 15 is 0 Å². The molecule has 3 rings (SSSR count). The van der Waals surface area contributed by atoms with Gasteiger partial charge in [0.2, 0.25) is 5.95 Å². The number of hydrogen-bond donors (Lipinski definition) is 1. The van der Waals surface area contributed by atoms with Crippen molar-refractivity contribution in [3.63, 3.8) is 0 Å². The quantitative estimate of drug-likeness (QED) is 0.868. The van der Waals surface area contributed by atoms with Crippen LogP contribution in [-0.4, -0.2) is 26.8 Å². The van der Waals surface area contributed by atoms with Crippen LogP contribution in [0.1, 0.15) is 48.8 Å². The minimum atomic E-state index is 0.486. The Hall–Kier alpha value is -1.21. The van der Waals surface area contributed by atoms with Gasteiger partial charge in [-0.25, -0.2) is 10.1 Å². The van der Waals surface area contributed by atoms with E-state index in [0.717, 1.165) is 28.0 Å². The molecule has 1 fully saturated rings. The molecule has 1 aliphatic carbocycles. The smallest absolute Gasteiger partial charge is 0.226 e. The number of aromatic nitrogens is 4. The van der Waals surface area contributed by atoms with Crippen molar-refractivity contribution in [3.8, 4) is 0 Å². The van der Waals surface area contributed by atoms with Gasteiger partial charge < -0.3 is 4.90 Å². The molecule has 1 saturated carbocycles. The molecule has 0 aliphatic heterocycles. The Balaban J connectivity index is 1.82. The Morgan fingerprint density at radius 2 is 2.19 bits per heavy atom. The third-order valence-electron chi connectivity index (χ3n) is 4.03. The highest BCUT2D eigenvalue weighted by molar-refractivity contribution is 7.71. The summed E-state index contributed by atoms with van der Waals surface area (Å²) in [6.45, 7) is 2.79. The fourth-order valence-electron chi connectivity index (χ4n) is 3.03. The van der Waals surface area contributed by atoms with Gasteiger partial charge in [0.05, 0.1) is 17.2 Å². The summed E-state index contributed by atoms with van der Waals surface area (Å²) in [5.74, 6) is 0.928. The summed E-state index contributed by atoms with van der Waals surface area (Å²) < 4.78 is 2.94. The average Bonchev–Trinajstić information content (AvgIpc) is 3.06. The number of anilines is 1. The topological polar surface area (TPSA) is 49.7 Å². The van der Waals surface area contributed by atoms with Gasteiger partial charge in [-0.3, -0.25) is 4.57 Å². The molecule has 7 heteroatoms. The Morgan fingerprint density at radius 3 is 2.86 bits per heavy atom. The Morgan fingerprint density at radius 1 is 1.43 bits per heavy atom. The summed E-state index contributed by atoms with van der Waals surface area (Å²) in [6.07, 6.45) is 6.30. The van der Waals surface area contributed by atoms with Crippen molar-refractivity contribution in [3.05, 3.63) is 20.9 Å². The molecule has 0 unspecified atom stereocenters. The van der Waals surface area contributed by atoms with Crippen molar-refractivity contribution in [2.45, 2.75) is 51.6 Å². The van der Waals surface area contributed by atoms with Gasteiger partial charge >= 0.3 is 0 Å². The summed E-state index contributed by atoms with van der Waals surface area (Å²) in [7, 11) is 2.05.